The molecule has 0 saturated carbocycles. The van der Waals surface area contributed by atoms with Crippen LogP contribution in [0.5, 0.6) is 11.5 Å². The Morgan fingerprint density at radius 1 is 0.938 bits per heavy atom. The second kappa shape index (κ2) is 8.23. The first-order valence-electron chi connectivity index (χ1n) is 10.3. The fourth-order valence-electron chi connectivity index (χ4n) is 3.93. The van der Waals surface area contributed by atoms with Crippen molar-refractivity contribution in [3.05, 3.63) is 94.6 Å². The van der Waals surface area contributed by atoms with Gasteiger partial charge in [0, 0.05) is 5.56 Å². The van der Waals surface area contributed by atoms with E-state index in [1.807, 2.05) is 26.0 Å². The number of carbonyl (C=O) groups is 2. The number of anilines is 1. The summed E-state index contributed by atoms with van der Waals surface area (Å²) in [5.74, 6) is -2.12. The van der Waals surface area contributed by atoms with Gasteiger partial charge in [0.05, 0.1) is 17.3 Å². The van der Waals surface area contributed by atoms with E-state index in [9.17, 15) is 24.9 Å². The van der Waals surface area contributed by atoms with Crippen molar-refractivity contribution in [3.63, 3.8) is 0 Å². The van der Waals surface area contributed by atoms with Gasteiger partial charge in [0.15, 0.2) is 0 Å². The second-order valence-corrected chi connectivity index (χ2v) is 7.80. The Balaban J connectivity index is 1.95. The van der Waals surface area contributed by atoms with Gasteiger partial charge in [-0.3, -0.25) is 14.5 Å². The molecule has 0 aliphatic carbocycles. The van der Waals surface area contributed by atoms with Gasteiger partial charge in [0.25, 0.3) is 11.7 Å². The summed E-state index contributed by atoms with van der Waals surface area (Å²) in [5, 5.41) is 31.3. The number of rotatable bonds is 4. The van der Waals surface area contributed by atoms with Crippen molar-refractivity contribution < 1.29 is 24.9 Å². The van der Waals surface area contributed by atoms with Crippen LogP contribution in [-0.2, 0) is 16.0 Å². The lowest BCUT2D eigenvalue weighted by atomic mass is 9.94. The molecule has 1 amide bonds. The number of phenolic OH excluding ortho intramolecular Hbond substituents is 2. The van der Waals surface area contributed by atoms with E-state index in [-0.39, 0.29) is 28.5 Å². The molecule has 1 saturated heterocycles. The van der Waals surface area contributed by atoms with Gasteiger partial charge in [-0.2, -0.15) is 0 Å². The fourth-order valence-corrected chi connectivity index (χ4v) is 3.93. The maximum Gasteiger partial charge on any atom is 0.300 e. The van der Waals surface area contributed by atoms with Crippen molar-refractivity contribution in [2.75, 3.05) is 4.90 Å². The molecule has 3 N–H and O–H groups in total. The van der Waals surface area contributed by atoms with Crippen LogP contribution >= 0.6 is 0 Å². The number of nitrogens with zero attached hydrogens (tertiary/aromatic N) is 1. The molecule has 162 valence electrons. The van der Waals surface area contributed by atoms with Crippen molar-refractivity contribution in [2.24, 2.45) is 0 Å². The molecule has 1 aliphatic rings. The number of hydrogen-bond acceptors (Lipinski definition) is 5. The summed E-state index contributed by atoms with van der Waals surface area (Å²) < 4.78 is 0. The zero-order valence-corrected chi connectivity index (χ0v) is 17.7. The van der Waals surface area contributed by atoms with Crippen molar-refractivity contribution in [3.8, 4) is 11.5 Å². The first-order chi connectivity index (χ1) is 15.3. The standard InChI is InChI=1S/C26H23NO5/c1-3-16-5-7-18(8-6-16)24(30)22-23(17-9-11-19(28)12-10-17)27(26(32)25(22)31)20-14-15(2)4-13-21(20)29/h4-14,23,28-30H,3H2,1-2H3/b24-22+. The molecule has 1 fully saturated rings. The molecule has 6 heteroatoms. The molecule has 32 heavy (non-hydrogen) atoms. The highest BCUT2D eigenvalue weighted by Crippen LogP contribution is 2.45. The zero-order chi connectivity index (χ0) is 23.0. The van der Waals surface area contributed by atoms with Crippen LogP contribution in [0.15, 0.2) is 72.3 Å². The summed E-state index contributed by atoms with van der Waals surface area (Å²) >= 11 is 0. The number of amides is 1. The maximum absolute atomic E-state index is 13.1. The third kappa shape index (κ3) is 3.60. The first-order valence-corrected chi connectivity index (χ1v) is 10.3. The van der Waals surface area contributed by atoms with Crippen LogP contribution in [-0.4, -0.2) is 27.0 Å². The van der Waals surface area contributed by atoms with Gasteiger partial charge in [0.2, 0.25) is 0 Å². The van der Waals surface area contributed by atoms with E-state index in [4.69, 9.17) is 0 Å². The van der Waals surface area contributed by atoms with E-state index in [1.165, 1.54) is 23.1 Å². The molecule has 0 spiro atoms. The van der Waals surface area contributed by atoms with E-state index >= 15 is 0 Å². The lowest BCUT2D eigenvalue weighted by Crippen LogP contribution is -2.29. The molecular weight excluding hydrogens is 406 g/mol. The lowest BCUT2D eigenvalue weighted by molar-refractivity contribution is -0.132. The highest BCUT2D eigenvalue weighted by molar-refractivity contribution is 6.51. The largest absolute Gasteiger partial charge is 0.508 e. The highest BCUT2D eigenvalue weighted by atomic mass is 16.3. The minimum atomic E-state index is -0.978. The molecule has 0 radical (unpaired) electrons. The number of Topliss-reactive ketones (excluding diaryl/α,β-unsaturated/α-hetero) is 1. The number of aliphatic hydroxyl groups excluding tert-OH is 1. The van der Waals surface area contributed by atoms with Crippen LogP contribution in [0, 0.1) is 6.92 Å². The SMILES string of the molecule is CCc1ccc(/C(O)=C2\C(=O)C(=O)N(c3cc(C)ccc3O)C2c2ccc(O)cc2)cc1. The Morgan fingerprint density at radius 3 is 2.22 bits per heavy atom. The minimum absolute atomic E-state index is 0.0271. The average Bonchev–Trinajstić information content (AvgIpc) is 3.06. The summed E-state index contributed by atoms with van der Waals surface area (Å²) in [6.45, 7) is 3.82. The third-order valence-corrected chi connectivity index (χ3v) is 5.68. The van der Waals surface area contributed by atoms with Crippen molar-refractivity contribution in [2.45, 2.75) is 26.3 Å². The van der Waals surface area contributed by atoms with Crippen LogP contribution in [0.4, 0.5) is 5.69 Å². The molecule has 0 aromatic heterocycles. The molecule has 1 atom stereocenters. The van der Waals surface area contributed by atoms with E-state index in [1.54, 1.807) is 36.4 Å². The predicted molar refractivity (Wildman–Crippen MR) is 122 cm³/mol. The highest BCUT2D eigenvalue weighted by Gasteiger charge is 2.47. The number of aliphatic hydroxyl groups is 1. The van der Waals surface area contributed by atoms with Crippen LogP contribution in [0.1, 0.15) is 35.2 Å². The Morgan fingerprint density at radius 2 is 1.59 bits per heavy atom. The summed E-state index contributed by atoms with van der Waals surface area (Å²) in [4.78, 5) is 27.5. The number of ketones is 1. The Hall–Kier alpha value is -4.06. The van der Waals surface area contributed by atoms with Gasteiger partial charge in [-0.25, -0.2) is 0 Å². The molecule has 1 aliphatic heterocycles. The Kier molecular flexibility index (Phi) is 5.45. The molecule has 6 nitrogen and oxygen atoms in total. The van der Waals surface area contributed by atoms with Crippen molar-refractivity contribution in [1.82, 2.24) is 0 Å². The molecule has 1 heterocycles. The molecular formula is C26H23NO5. The monoisotopic (exact) mass is 429 g/mol. The Labute approximate surface area is 185 Å². The molecule has 3 aromatic rings. The quantitative estimate of drug-likeness (QED) is 0.320. The lowest BCUT2D eigenvalue weighted by Gasteiger charge is -2.26. The molecule has 4 rings (SSSR count). The zero-order valence-electron chi connectivity index (χ0n) is 17.7. The minimum Gasteiger partial charge on any atom is -0.508 e. The molecule has 1 unspecified atom stereocenters. The Bertz CT molecular complexity index is 1230. The normalized spacial score (nSPS) is 17.7. The maximum atomic E-state index is 13.1. The molecule has 3 aromatic carbocycles. The second-order valence-electron chi connectivity index (χ2n) is 7.80. The van der Waals surface area contributed by atoms with Gasteiger partial charge >= 0.3 is 0 Å². The fraction of sp³-hybridized carbons (Fsp3) is 0.154. The number of hydrogen-bond donors (Lipinski definition) is 3. The summed E-state index contributed by atoms with van der Waals surface area (Å²) in [6.07, 6.45) is 0.825. The molecule has 0 bridgehead atoms. The predicted octanol–water partition coefficient (Wildman–Crippen LogP) is 4.59. The van der Waals surface area contributed by atoms with E-state index in [0.29, 0.717) is 11.1 Å². The van der Waals surface area contributed by atoms with Crippen LogP contribution in [0.2, 0.25) is 0 Å². The topological polar surface area (TPSA) is 98.1 Å². The van der Waals surface area contributed by atoms with Gasteiger partial charge < -0.3 is 15.3 Å². The van der Waals surface area contributed by atoms with Crippen LogP contribution in [0.25, 0.3) is 5.76 Å². The van der Waals surface area contributed by atoms with Gasteiger partial charge in [-0.1, -0.05) is 49.4 Å². The van der Waals surface area contributed by atoms with Gasteiger partial charge in [0.1, 0.15) is 17.3 Å². The summed E-state index contributed by atoms with van der Waals surface area (Å²) in [5.41, 5.74) is 2.88. The van der Waals surface area contributed by atoms with Gasteiger partial charge in [-0.05, 0) is 54.3 Å². The van der Waals surface area contributed by atoms with Crippen LogP contribution in [0.3, 0.4) is 0 Å². The first kappa shape index (κ1) is 21.2. The number of aromatic hydroxyl groups is 2. The number of carbonyl (C=O) groups excluding carboxylic acids is 2. The number of phenols is 2. The van der Waals surface area contributed by atoms with Crippen molar-refractivity contribution in [1.29, 1.82) is 0 Å². The number of aryl methyl sites for hydroxylation is 2. The third-order valence-electron chi connectivity index (χ3n) is 5.68. The van der Waals surface area contributed by atoms with E-state index < -0.39 is 17.7 Å². The van der Waals surface area contributed by atoms with Gasteiger partial charge in [-0.15, -0.1) is 0 Å². The van der Waals surface area contributed by atoms with E-state index in [0.717, 1.165) is 17.5 Å². The van der Waals surface area contributed by atoms with E-state index in [2.05, 4.69) is 0 Å². The van der Waals surface area contributed by atoms with Crippen molar-refractivity contribution >= 4 is 23.1 Å². The smallest absolute Gasteiger partial charge is 0.300 e. The summed E-state index contributed by atoms with van der Waals surface area (Å²) in [7, 11) is 0. The number of benzene rings is 3. The average molecular weight is 429 g/mol. The van der Waals surface area contributed by atoms with Crippen LogP contribution < -0.4 is 4.90 Å². The summed E-state index contributed by atoms with van der Waals surface area (Å²) in [6, 6.07) is 17.0.